The highest BCUT2D eigenvalue weighted by molar-refractivity contribution is 7.98. The highest BCUT2D eigenvalue weighted by Crippen LogP contribution is 2.26. The molecule has 0 bridgehead atoms. The zero-order chi connectivity index (χ0) is 21.4. The van der Waals surface area contributed by atoms with E-state index in [4.69, 9.17) is 16.0 Å². The van der Waals surface area contributed by atoms with Crippen LogP contribution in [-0.4, -0.2) is 35.5 Å². The molecule has 2 aromatic carbocycles. The number of rotatable bonds is 6. The number of hydrogen-bond donors (Lipinski definition) is 1. The van der Waals surface area contributed by atoms with Gasteiger partial charge in [0.2, 0.25) is 5.91 Å². The number of carbonyl (C=O) groups excluding carboxylic acids is 1. The summed E-state index contributed by atoms with van der Waals surface area (Å²) in [6.45, 7) is -0.0474. The van der Waals surface area contributed by atoms with E-state index in [9.17, 15) is 9.18 Å². The lowest BCUT2D eigenvalue weighted by Gasteiger charge is -2.05. The minimum atomic E-state index is -0.550. The van der Waals surface area contributed by atoms with Gasteiger partial charge in [0.1, 0.15) is 12.4 Å². The minimum absolute atomic E-state index is 0.0474. The number of fused-ring (bicyclic) bond motifs is 3. The second kappa shape index (κ2) is 8.00. The van der Waals surface area contributed by atoms with Gasteiger partial charge in [0.15, 0.2) is 10.7 Å². The van der Waals surface area contributed by atoms with Crippen LogP contribution < -0.4 is 5.32 Å². The number of hydrogen-bond acceptors (Lipinski definition) is 7. The summed E-state index contributed by atoms with van der Waals surface area (Å²) < 4.78 is 22.1. The molecule has 1 amide bonds. The van der Waals surface area contributed by atoms with Crippen molar-refractivity contribution in [2.75, 3.05) is 5.32 Å². The SMILES string of the molecule is O=C(Cn1cc(CSc2nnc3oc4ccccc4n23)nn1)Nc1ccc(F)c(Cl)c1. The van der Waals surface area contributed by atoms with Crippen LogP contribution in [0, 0.1) is 5.82 Å². The number of benzene rings is 2. The first-order valence-corrected chi connectivity index (χ1v) is 10.4. The van der Waals surface area contributed by atoms with Crippen LogP contribution in [0.3, 0.4) is 0 Å². The first kappa shape index (κ1) is 19.5. The Labute approximate surface area is 183 Å². The minimum Gasteiger partial charge on any atom is -0.422 e. The summed E-state index contributed by atoms with van der Waals surface area (Å²) >= 11 is 7.16. The van der Waals surface area contributed by atoms with Crippen molar-refractivity contribution in [3.05, 3.63) is 65.2 Å². The lowest BCUT2D eigenvalue weighted by Crippen LogP contribution is -2.19. The van der Waals surface area contributed by atoms with E-state index in [0.29, 0.717) is 28.1 Å². The van der Waals surface area contributed by atoms with Gasteiger partial charge in [-0.25, -0.2) is 13.5 Å². The van der Waals surface area contributed by atoms with E-state index in [0.717, 1.165) is 11.1 Å². The van der Waals surface area contributed by atoms with Crippen LogP contribution in [0.15, 0.2) is 58.2 Å². The number of anilines is 1. The summed E-state index contributed by atoms with van der Waals surface area (Å²) in [7, 11) is 0. The molecule has 5 aromatic rings. The van der Waals surface area contributed by atoms with Gasteiger partial charge in [-0.3, -0.25) is 4.79 Å². The van der Waals surface area contributed by atoms with Gasteiger partial charge in [0.25, 0.3) is 0 Å². The van der Waals surface area contributed by atoms with E-state index in [2.05, 4.69) is 25.8 Å². The molecular weight excluding hydrogens is 445 g/mol. The second-order valence-electron chi connectivity index (χ2n) is 6.54. The van der Waals surface area contributed by atoms with Crippen molar-refractivity contribution in [3.8, 4) is 0 Å². The van der Waals surface area contributed by atoms with Gasteiger partial charge in [-0.15, -0.1) is 10.2 Å². The number of nitrogens with zero attached hydrogens (tertiary/aromatic N) is 6. The highest BCUT2D eigenvalue weighted by atomic mass is 35.5. The first-order valence-electron chi connectivity index (χ1n) is 9.06. The number of aromatic nitrogens is 6. The Balaban J connectivity index is 1.23. The molecule has 9 nitrogen and oxygen atoms in total. The summed E-state index contributed by atoms with van der Waals surface area (Å²) in [5, 5.41) is 19.5. The van der Waals surface area contributed by atoms with Gasteiger partial charge in [0, 0.05) is 17.6 Å². The summed E-state index contributed by atoms with van der Waals surface area (Å²) in [6.07, 6.45) is 1.68. The molecule has 12 heteroatoms. The normalized spacial score (nSPS) is 11.4. The number of oxazole rings is 1. The number of amides is 1. The quantitative estimate of drug-likeness (QED) is 0.387. The van der Waals surface area contributed by atoms with Crippen LogP contribution in [0.25, 0.3) is 16.9 Å². The van der Waals surface area contributed by atoms with Crippen LogP contribution in [-0.2, 0) is 17.1 Å². The number of halogens is 2. The molecule has 0 aliphatic carbocycles. The number of nitrogens with one attached hydrogen (secondary N) is 1. The fraction of sp³-hybridized carbons (Fsp3) is 0.105. The maximum Gasteiger partial charge on any atom is 0.328 e. The molecule has 0 saturated carbocycles. The summed E-state index contributed by atoms with van der Waals surface area (Å²) in [5.74, 6) is 0.0161. The smallest absolute Gasteiger partial charge is 0.328 e. The van der Waals surface area contributed by atoms with E-state index < -0.39 is 5.82 Å². The molecule has 156 valence electrons. The van der Waals surface area contributed by atoms with Crippen molar-refractivity contribution in [3.63, 3.8) is 0 Å². The Morgan fingerprint density at radius 1 is 1.19 bits per heavy atom. The number of carbonyl (C=O) groups is 1. The molecule has 31 heavy (non-hydrogen) atoms. The number of para-hydroxylation sites is 2. The Kier molecular flexibility index (Phi) is 5.04. The zero-order valence-corrected chi connectivity index (χ0v) is 17.3. The fourth-order valence-corrected chi connectivity index (χ4v) is 3.98. The Morgan fingerprint density at radius 3 is 2.94 bits per heavy atom. The van der Waals surface area contributed by atoms with Crippen LogP contribution in [0.1, 0.15) is 5.69 Å². The molecule has 0 saturated heterocycles. The van der Waals surface area contributed by atoms with Crippen LogP contribution in [0.4, 0.5) is 10.1 Å². The van der Waals surface area contributed by atoms with Gasteiger partial charge in [-0.2, -0.15) is 0 Å². The molecule has 3 heterocycles. The maximum absolute atomic E-state index is 13.2. The molecule has 0 fully saturated rings. The third-order valence-electron chi connectivity index (χ3n) is 4.36. The van der Waals surface area contributed by atoms with Crippen molar-refractivity contribution in [1.82, 2.24) is 29.6 Å². The monoisotopic (exact) mass is 457 g/mol. The Bertz CT molecular complexity index is 1410. The summed E-state index contributed by atoms with van der Waals surface area (Å²) in [6, 6.07) is 11.6. The third kappa shape index (κ3) is 3.97. The van der Waals surface area contributed by atoms with Crippen molar-refractivity contribution < 1.29 is 13.6 Å². The molecule has 0 unspecified atom stereocenters. The zero-order valence-electron chi connectivity index (χ0n) is 15.7. The Morgan fingerprint density at radius 2 is 2.06 bits per heavy atom. The third-order valence-corrected chi connectivity index (χ3v) is 5.61. The van der Waals surface area contributed by atoms with Crippen LogP contribution in [0.5, 0.6) is 0 Å². The fourth-order valence-electron chi connectivity index (χ4n) is 2.99. The van der Waals surface area contributed by atoms with Crippen molar-refractivity contribution >= 4 is 51.9 Å². The molecule has 5 rings (SSSR count). The van der Waals surface area contributed by atoms with Gasteiger partial charge in [0.05, 0.1) is 16.2 Å². The van der Waals surface area contributed by atoms with E-state index in [1.807, 2.05) is 28.7 Å². The summed E-state index contributed by atoms with van der Waals surface area (Å²) in [5.41, 5.74) is 2.68. The Hall–Kier alpha value is -3.44. The predicted octanol–water partition coefficient (Wildman–Crippen LogP) is 3.79. The van der Waals surface area contributed by atoms with E-state index in [1.165, 1.54) is 34.6 Å². The molecule has 0 aliphatic heterocycles. The van der Waals surface area contributed by atoms with Crippen molar-refractivity contribution in [2.45, 2.75) is 17.5 Å². The maximum atomic E-state index is 13.2. The number of thioether (sulfide) groups is 1. The lowest BCUT2D eigenvalue weighted by molar-refractivity contribution is -0.116. The summed E-state index contributed by atoms with van der Waals surface area (Å²) in [4.78, 5) is 12.2. The van der Waals surface area contributed by atoms with Crippen molar-refractivity contribution in [2.24, 2.45) is 0 Å². The lowest BCUT2D eigenvalue weighted by atomic mass is 10.3. The molecule has 3 aromatic heterocycles. The second-order valence-corrected chi connectivity index (χ2v) is 7.89. The van der Waals surface area contributed by atoms with E-state index in [1.54, 1.807) is 6.20 Å². The topological polar surface area (TPSA) is 103 Å². The molecule has 1 N–H and O–H groups in total. The average molecular weight is 458 g/mol. The average Bonchev–Trinajstić information content (AvgIpc) is 3.45. The van der Waals surface area contributed by atoms with E-state index >= 15 is 0 Å². The molecule has 0 radical (unpaired) electrons. The highest BCUT2D eigenvalue weighted by Gasteiger charge is 2.15. The first-order chi connectivity index (χ1) is 15.1. The molecule has 0 atom stereocenters. The van der Waals surface area contributed by atoms with Crippen LogP contribution >= 0.6 is 23.4 Å². The van der Waals surface area contributed by atoms with E-state index in [-0.39, 0.29) is 17.5 Å². The molecule has 0 aliphatic rings. The van der Waals surface area contributed by atoms with Crippen molar-refractivity contribution in [1.29, 1.82) is 0 Å². The largest absolute Gasteiger partial charge is 0.422 e. The predicted molar refractivity (Wildman–Crippen MR) is 112 cm³/mol. The van der Waals surface area contributed by atoms with Gasteiger partial charge >= 0.3 is 5.84 Å². The van der Waals surface area contributed by atoms with Gasteiger partial charge < -0.3 is 9.73 Å². The van der Waals surface area contributed by atoms with Gasteiger partial charge in [-0.05, 0) is 30.3 Å². The molecular formula is C19H13ClFN7O2S. The molecule has 0 spiro atoms. The van der Waals surface area contributed by atoms with Crippen LogP contribution in [0.2, 0.25) is 5.02 Å². The standard InChI is InChI=1S/C19H13ClFN7O2S/c20-13-7-11(5-6-14(13)21)22-17(29)9-27-8-12(23-26-27)10-31-19-25-24-18-28(19)15-3-1-2-4-16(15)30-18/h1-8H,9-10H2,(H,22,29). The van der Waals surface area contributed by atoms with Gasteiger partial charge in [-0.1, -0.05) is 45.8 Å².